The first-order valence-corrected chi connectivity index (χ1v) is 7.86. The number of nitrogen functional groups attached to an aromatic ring is 1. The third-order valence-corrected chi connectivity index (χ3v) is 4.86. The molecule has 1 saturated carbocycles. The highest BCUT2D eigenvalue weighted by Gasteiger charge is 2.27. The molecule has 106 valence electrons. The summed E-state index contributed by atoms with van der Waals surface area (Å²) in [6.07, 6.45) is 3.10. The molecule has 1 aliphatic rings. The predicted molar refractivity (Wildman–Crippen MR) is 72.7 cm³/mol. The Hall–Kier alpha value is -1.14. The van der Waals surface area contributed by atoms with Crippen LogP contribution in [-0.4, -0.2) is 14.5 Å². The van der Waals surface area contributed by atoms with Crippen LogP contribution in [-0.2, 0) is 10.0 Å². The number of nitrogens with one attached hydrogen (secondary N) is 1. The SMILES string of the molecule is Cc1cc(N)cc(S(=O)(=O)NC(C)CC2CC2)c1F. The average Bonchev–Trinajstić information content (AvgIpc) is 3.05. The largest absolute Gasteiger partial charge is 0.399 e. The van der Waals surface area contributed by atoms with Crippen molar-refractivity contribution >= 4 is 15.7 Å². The van der Waals surface area contributed by atoms with Crippen molar-refractivity contribution in [2.24, 2.45) is 5.92 Å². The average molecular weight is 286 g/mol. The van der Waals surface area contributed by atoms with Crippen LogP contribution < -0.4 is 10.5 Å². The highest BCUT2D eigenvalue weighted by atomic mass is 32.2. The number of halogens is 1. The van der Waals surface area contributed by atoms with Crippen LogP contribution >= 0.6 is 0 Å². The van der Waals surface area contributed by atoms with Crippen LogP contribution in [0.15, 0.2) is 17.0 Å². The van der Waals surface area contributed by atoms with Crippen molar-refractivity contribution in [3.8, 4) is 0 Å². The minimum atomic E-state index is -3.86. The molecule has 0 bridgehead atoms. The minimum absolute atomic E-state index is 0.196. The Morgan fingerprint density at radius 1 is 1.47 bits per heavy atom. The molecule has 3 N–H and O–H groups in total. The number of hydrogen-bond acceptors (Lipinski definition) is 3. The Morgan fingerprint density at radius 3 is 2.68 bits per heavy atom. The van der Waals surface area contributed by atoms with E-state index in [9.17, 15) is 12.8 Å². The van der Waals surface area contributed by atoms with Crippen molar-refractivity contribution < 1.29 is 12.8 Å². The van der Waals surface area contributed by atoms with Gasteiger partial charge in [0, 0.05) is 11.7 Å². The molecule has 19 heavy (non-hydrogen) atoms. The van der Waals surface area contributed by atoms with E-state index in [1.54, 1.807) is 6.92 Å². The summed E-state index contributed by atoms with van der Waals surface area (Å²) in [6.45, 7) is 3.30. The summed E-state index contributed by atoms with van der Waals surface area (Å²) >= 11 is 0. The van der Waals surface area contributed by atoms with Crippen LogP contribution in [0, 0.1) is 18.7 Å². The van der Waals surface area contributed by atoms with Crippen LogP contribution in [0.5, 0.6) is 0 Å². The molecule has 1 atom stereocenters. The number of rotatable bonds is 5. The van der Waals surface area contributed by atoms with Gasteiger partial charge in [0.15, 0.2) is 0 Å². The zero-order valence-corrected chi connectivity index (χ0v) is 11.9. The van der Waals surface area contributed by atoms with Gasteiger partial charge in [0.1, 0.15) is 10.7 Å². The number of nitrogens with two attached hydrogens (primary N) is 1. The first-order chi connectivity index (χ1) is 8.79. The lowest BCUT2D eigenvalue weighted by Gasteiger charge is -2.15. The number of hydrogen-bond donors (Lipinski definition) is 2. The molecule has 0 spiro atoms. The summed E-state index contributed by atoms with van der Waals surface area (Å²) in [6, 6.07) is 2.38. The second kappa shape index (κ2) is 5.09. The molecule has 0 amide bonds. The Bertz CT molecular complexity index is 583. The monoisotopic (exact) mass is 286 g/mol. The van der Waals surface area contributed by atoms with Gasteiger partial charge in [0.2, 0.25) is 10.0 Å². The maximum Gasteiger partial charge on any atom is 0.243 e. The van der Waals surface area contributed by atoms with Crippen molar-refractivity contribution in [1.29, 1.82) is 0 Å². The van der Waals surface area contributed by atoms with E-state index in [1.165, 1.54) is 13.0 Å². The maximum atomic E-state index is 13.9. The highest BCUT2D eigenvalue weighted by molar-refractivity contribution is 7.89. The third kappa shape index (κ3) is 3.45. The summed E-state index contributed by atoms with van der Waals surface area (Å²) in [5, 5.41) is 0. The quantitative estimate of drug-likeness (QED) is 0.815. The van der Waals surface area contributed by atoms with Crippen LogP contribution in [0.1, 0.15) is 31.7 Å². The third-order valence-electron chi connectivity index (χ3n) is 3.27. The van der Waals surface area contributed by atoms with E-state index in [0.717, 1.165) is 25.3 Å². The zero-order valence-electron chi connectivity index (χ0n) is 11.1. The fourth-order valence-corrected chi connectivity index (χ4v) is 3.63. The lowest BCUT2D eigenvalue weighted by molar-refractivity contribution is 0.519. The molecule has 1 fully saturated rings. The van der Waals surface area contributed by atoms with Crippen molar-refractivity contribution in [1.82, 2.24) is 4.72 Å². The van der Waals surface area contributed by atoms with Crippen LogP contribution in [0.2, 0.25) is 0 Å². The predicted octanol–water partition coefficient (Wildman–Crippen LogP) is 2.18. The summed E-state index contributed by atoms with van der Waals surface area (Å²) in [5.74, 6) is -0.134. The molecule has 1 aromatic carbocycles. The van der Waals surface area contributed by atoms with E-state index in [0.29, 0.717) is 5.92 Å². The molecule has 1 aromatic rings. The molecule has 2 rings (SSSR count). The fraction of sp³-hybridized carbons (Fsp3) is 0.538. The van der Waals surface area contributed by atoms with Gasteiger partial charge in [0.05, 0.1) is 0 Å². The highest BCUT2D eigenvalue weighted by Crippen LogP contribution is 2.33. The number of anilines is 1. The summed E-state index contributed by atoms with van der Waals surface area (Å²) < 4.78 is 40.8. The molecule has 0 aromatic heterocycles. The Labute approximate surface area is 113 Å². The molecular formula is C13H19FN2O2S. The van der Waals surface area contributed by atoms with E-state index >= 15 is 0 Å². The molecule has 1 aliphatic carbocycles. The molecule has 0 radical (unpaired) electrons. The standard InChI is InChI=1S/C13H19FN2O2S/c1-8-5-11(15)7-12(13(8)14)19(17,18)16-9(2)6-10-3-4-10/h5,7,9-10,16H,3-4,6,15H2,1-2H3. The molecule has 0 heterocycles. The summed E-state index contributed by atoms with van der Waals surface area (Å²) in [7, 11) is -3.86. The molecule has 4 nitrogen and oxygen atoms in total. The van der Waals surface area contributed by atoms with Crippen LogP contribution in [0.4, 0.5) is 10.1 Å². The molecular weight excluding hydrogens is 267 g/mol. The van der Waals surface area contributed by atoms with Gasteiger partial charge in [-0.3, -0.25) is 0 Å². The molecule has 0 saturated heterocycles. The second-order valence-electron chi connectivity index (χ2n) is 5.35. The van der Waals surface area contributed by atoms with E-state index in [-0.39, 0.29) is 22.2 Å². The van der Waals surface area contributed by atoms with Gasteiger partial charge >= 0.3 is 0 Å². The van der Waals surface area contributed by atoms with Gasteiger partial charge in [-0.05, 0) is 43.9 Å². The lowest BCUT2D eigenvalue weighted by atomic mass is 10.2. The zero-order chi connectivity index (χ0) is 14.2. The molecule has 1 unspecified atom stereocenters. The topological polar surface area (TPSA) is 72.2 Å². The van der Waals surface area contributed by atoms with Gasteiger partial charge in [-0.2, -0.15) is 0 Å². The summed E-state index contributed by atoms with van der Waals surface area (Å²) in [4.78, 5) is -0.368. The van der Waals surface area contributed by atoms with Gasteiger partial charge in [-0.25, -0.2) is 17.5 Å². The Kier molecular flexibility index (Phi) is 3.82. The first kappa shape index (κ1) is 14.3. The van der Waals surface area contributed by atoms with Gasteiger partial charge in [-0.1, -0.05) is 12.8 Å². The van der Waals surface area contributed by atoms with E-state index in [4.69, 9.17) is 5.73 Å². The van der Waals surface area contributed by atoms with Crippen LogP contribution in [0.3, 0.4) is 0 Å². The van der Waals surface area contributed by atoms with Gasteiger partial charge in [0.25, 0.3) is 0 Å². The maximum absolute atomic E-state index is 13.9. The van der Waals surface area contributed by atoms with E-state index in [2.05, 4.69) is 4.72 Å². The number of aryl methyl sites for hydroxylation is 1. The van der Waals surface area contributed by atoms with Crippen molar-refractivity contribution in [2.45, 2.75) is 44.0 Å². The smallest absolute Gasteiger partial charge is 0.243 e. The summed E-state index contributed by atoms with van der Waals surface area (Å²) in [5.41, 5.74) is 6.06. The van der Waals surface area contributed by atoms with E-state index < -0.39 is 15.8 Å². The fourth-order valence-electron chi connectivity index (χ4n) is 2.19. The molecule has 0 aliphatic heterocycles. The Morgan fingerprint density at radius 2 is 2.11 bits per heavy atom. The van der Waals surface area contributed by atoms with E-state index in [1.807, 2.05) is 0 Å². The van der Waals surface area contributed by atoms with Crippen LogP contribution in [0.25, 0.3) is 0 Å². The van der Waals surface area contributed by atoms with Gasteiger partial charge < -0.3 is 5.73 Å². The number of benzene rings is 1. The second-order valence-corrected chi connectivity index (χ2v) is 7.03. The minimum Gasteiger partial charge on any atom is -0.399 e. The van der Waals surface area contributed by atoms with Gasteiger partial charge in [-0.15, -0.1) is 0 Å². The lowest BCUT2D eigenvalue weighted by Crippen LogP contribution is -2.33. The molecule has 6 heteroatoms. The number of sulfonamides is 1. The van der Waals surface area contributed by atoms with Crippen molar-refractivity contribution in [3.63, 3.8) is 0 Å². The Balaban J connectivity index is 2.23. The first-order valence-electron chi connectivity index (χ1n) is 6.37. The normalized spacial score (nSPS) is 17.4. The van der Waals surface area contributed by atoms with Crippen molar-refractivity contribution in [3.05, 3.63) is 23.5 Å². The van der Waals surface area contributed by atoms with Crippen molar-refractivity contribution in [2.75, 3.05) is 5.73 Å².